The summed E-state index contributed by atoms with van der Waals surface area (Å²) in [6.45, 7) is 2.44. The molecule has 4 heteroatoms. The van der Waals surface area contributed by atoms with Crippen molar-refractivity contribution in [3.05, 3.63) is 48.0 Å². The quantitative estimate of drug-likeness (QED) is 0.908. The molecule has 0 spiro atoms. The van der Waals surface area contributed by atoms with Crippen LogP contribution in [0.1, 0.15) is 43.5 Å². The lowest BCUT2D eigenvalue weighted by Crippen LogP contribution is -2.35. The maximum absolute atomic E-state index is 8.99. The lowest BCUT2D eigenvalue weighted by Gasteiger charge is -2.29. The third-order valence-corrected chi connectivity index (χ3v) is 4.25. The largest absolute Gasteiger partial charge is 0.396 e. The summed E-state index contributed by atoms with van der Waals surface area (Å²) >= 11 is 0. The van der Waals surface area contributed by atoms with E-state index in [0.29, 0.717) is 18.5 Å². The van der Waals surface area contributed by atoms with Crippen LogP contribution in [0.15, 0.2) is 36.8 Å². The van der Waals surface area contributed by atoms with Crippen molar-refractivity contribution in [2.45, 2.75) is 44.7 Å². The first-order valence-electron chi connectivity index (χ1n) is 7.76. The number of nitrogens with one attached hydrogen (secondary N) is 1. The minimum atomic E-state index is 0.194. The minimum Gasteiger partial charge on any atom is -0.396 e. The van der Waals surface area contributed by atoms with Crippen LogP contribution in [-0.2, 0) is 6.42 Å². The first-order valence-corrected chi connectivity index (χ1v) is 7.76. The normalized spacial score (nSPS) is 22.4. The Hall–Kier alpha value is -1.65. The summed E-state index contributed by atoms with van der Waals surface area (Å²) in [5, 5.41) is 12.7. The number of hydrogen-bond donors (Lipinski definition) is 2. The molecular weight excluding hydrogens is 262 g/mol. The molecular formula is C17H23N3O. The topological polar surface area (TPSA) is 50.1 Å². The zero-order valence-corrected chi connectivity index (χ0v) is 12.5. The van der Waals surface area contributed by atoms with Crippen molar-refractivity contribution in [3.63, 3.8) is 0 Å². The van der Waals surface area contributed by atoms with Gasteiger partial charge in [0, 0.05) is 24.4 Å². The second kappa shape index (κ2) is 6.41. The van der Waals surface area contributed by atoms with E-state index in [4.69, 9.17) is 5.11 Å². The lowest BCUT2D eigenvalue weighted by molar-refractivity contribution is 0.299. The molecule has 2 unspecified atom stereocenters. The number of benzene rings is 1. The second-order valence-electron chi connectivity index (χ2n) is 5.88. The molecule has 0 saturated carbocycles. The second-order valence-corrected chi connectivity index (χ2v) is 5.88. The van der Waals surface area contributed by atoms with Gasteiger partial charge in [-0.25, -0.2) is 4.98 Å². The Balaban J connectivity index is 1.84. The SMILES string of the molecule is CC1CCCC(c2cncn2-c2ccc(CCO)cc2)N1. The summed E-state index contributed by atoms with van der Waals surface area (Å²) in [5.41, 5.74) is 3.52. The highest BCUT2D eigenvalue weighted by molar-refractivity contribution is 5.37. The number of imidazole rings is 1. The molecule has 1 saturated heterocycles. The summed E-state index contributed by atoms with van der Waals surface area (Å²) in [6, 6.07) is 9.30. The number of nitrogens with zero attached hydrogens (tertiary/aromatic N) is 2. The molecule has 3 rings (SSSR count). The summed E-state index contributed by atoms with van der Waals surface area (Å²) in [7, 11) is 0. The molecule has 2 aromatic rings. The van der Waals surface area contributed by atoms with E-state index in [-0.39, 0.29) is 6.61 Å². The molecule has 4 nitrogen and oxygen atoms in total. The lowest BCUT2D eigenvalue weighted by atomic mass is 9.97. The van der Waals surface area contributed by atoms with Crippen LogP contribution in [0.5, 0.6) is 0 Å². The molecule has 0 radical (unpaired) electrons. The Morgan fingerprint density at radius 2 is 2.10 bits per heavy atom. The zero-order valence-electron chi connectivity index (χ0n) is 12.5. The summed E-state index contributed by atoms with van der Waals surface area (Å²) in [4.78, 5) is 4.34. The number of aliphatic hydroxyl groups is 1. The van der Waals surface area contributed by atoms with Crippen molar-refractivity contribution in [3.8, 4) is 5.69 Å². The van der Waals surface area contributed by atoms with Gasteiger partial charge < -0.3 is 15.0 Å². The van der Waals surface area contributed by atoms with Crippen LogP contribution >= 0.6 is 0 Å². The molecule has 0 amide bonds. The first-order chi connectivity index (χ1) is 10.3. The number of rotatable bonds is 4. The van der Waals surface area contributed by atoms with Crippen LogP contribution in [0.4, 0.5) is 0 Å². The number of hydrogen-bond acceptors (Lipinski definition) is 3. The van der Waals surface area contributed by atoms with Gasteiger partial charge in [0.1, 0.15) is 0 Å². The zero-order chi connectivity index (χ0) is 14.7. The third kappa shape index (κ3) is 3.17. The minimum absolute atomic E-state index is 0.194. The summed E-state index contributed by atoms with van der Waals surface area (Å²) < 4.78 is 2.17. The van der Waals surface area contributed by atoms with Crippen molar-refractivity contribution >= 4 is 0 Å². The van der Waals surface area contributed by atoms with Gasteiger partial charge in [0.05, 0.1) is 18.2 Å². The Bertz CT molecular complexity index is 576. The highest BCUT2D eigenvalue weighted by Crippen LogP contribution is 2.27. The summed E-state index contributed by atoms with van der Waals surface area (Å²) in [5.74, 6) is 0. The highest BCUT2D eigenvalue weighted by Gasteiger charge is 2.22. The van der Waals surface area contributed by atoms with Gasteiger partial charge >= 0.3 is 0 Å². The van der Waals surface area contributed by atoms with Gasteiger partial charge in [-0.05, 0) is 50.3 Å². The molecule has 2 heterocycles. The van der Waals surface area contributed by atoms with Crippen LogP contribution in [-0.4, -0.2) is 27.3 Å². The maximum atomic E-state index is 8.99. The molecule has 0 aliphatic carbocycles. The van der Waals surface area contributed by atoms with Crippen molar-refractivity contribution in [2.24, 2.45) is 0 Å². The highest BCUT2D eigenvalue weighted by atomic mass is 16.2. The predicted octanol–water partition coefficient (Wildman–Crippen LogP) is 2.61. The fraction of sp³-hybridized carbons (Fsp3) is 0.471. The van der Waals surface area contributed by atoms with E-state index in [1.54, 1.807) is 0 Å². The fourth-order valence-electron chi connectivity index (χ4n) is 3.10. The van der Waals surface area contributed by atoms with E-state index >= 15 is 0 Å². The number of aromatic nitrogens is 2. The Morgan fingerprint density at radius 3 is 2.81 bits per heavy atom. The van der Waals surface area contributed by atoms with E-state index in [2.05, 4.69) is 46.1 Å². The average molecular weight is 285 g/mol. The molecule has 1 fully saturated rings. The molecule has 1 aliphatic heterocycles. The number of piperidine rings is 1. The van der Waals surface area contributed by atoms with Crippen LogP contribution in [0.25, 0.3) is 5.69 Å². The first kappa shape index (κ1) is 14.3. The molecule has 1 aromatic carbocycles. The van der Waals surface area contributed by atoms with E-state index in [1.807, 2.05) is 12.5 Å². The number of aliphatic hydroxyl groups excluding tert-OH is 1. The van der Waals surface area contributed by atoms with Crippen LogP contribution in [0.2, 0.25) is 0 Å². The maximum Gasteiger partial charge on any atom is 0.0994 e. The third-order valence-electron chi connectivity index (χ3n) is 4.25. The predicted molar refractivity (Wildman–Crippen MR) is 83.5 cm³/mol. The van der Waals surface area contributed by atoms with E-state index in [9.17, 15) is 0 Å². The standard InChI is InChI=1S/C17H23N3O/c1-13-3-2-4-16(19-13)17-11-18-12-20(17)15-7-5-14(6-8-15)9-10-21/h5-8,11-13,16,19,21H,2-4,9-10H2,1H3. The van der Waals surface area contributed by atoms with Crippen molar-refractivity contribution in [1.82, 2.24) is 14.9 Å². The van der Waals surface area contributed by atoms with Gasteiger partial charge in [0.25, 0.3) is 0 Å². The Kier molecular flexibility index (Phi) is 4.36. The molecule has 2 N–H and O–H groups in total. The van der Waals surface area contributed by atoms with Crippen molar-refractivity contribution in [2.75, 3.05) is 6.61 Å². The van der Waals surface area contributed by atoms with Crippen molar-refractivity contribution < 1.29 is 5.11 Å². The van der Waals surface area contributed by atoms with E-state index in [1.165, 1.54) is 25.0 Å². The summed E-state index contributed by atoms with van der Waals surface area (Å²) in [6.07, 6.45) is 8.24. The van der Waals surface area contributed by atoms with Crippen LogP contribution in [0.3, 0.4) is 0 Å². The smallest absolute Gasteiger partial charge is 0.0994 e. The Labute approximate surface area is 125 Å². The Morgan fingerprint density at radius 1 is 1.29 bits per heavy atom. The molecule has 0 bridgehead atoms. The van der Waals surface area contributed by atoms with Gasteiger partial charge in [0.2, 0.25) is 0 Å². The van der Waals surface area contributed by atoms with E-state index in [0.717, 1.165) is 11.3 Å². The van der Waals surface area contributed by atoms with Gasteiger partial charge in [0.15, 0.2) is 0 Å². The van der Waals surface area contributed by atoms with Crippen LogP contribution in [0, 0.1) is 0 Å². The van der Waals surface area contributed by atoms with E-state index < -0.39 is 0 Å². The molecule has 112 valence electrons. The monoisotopic (exact) mass is 285 g/mol. The van der Waals surface area contributed by atoms with Gasteiger partial charge in [-0.1, -0.05) is 12.1 Å². The van der Waals surface area contributed by atoms with Crippen molar-refractivity contribution in [1.29, 1.82) is 0 Å². The van der Waals surface area contributed by atoms with Gasteiger partial charge in [-0.3, -0.25) is 0 Å². The van der Waals surface area contributed by atoms with Gasteiger partial charge in [-0.15, -0.1) is 0 Å². The van der Waals surface area contributed by atoms with Gasteiger partial charge in [-0.2, -0.15) is 0 Å². The molecule has 21 heavy (non-hydrogen) atoms. The fourth-order valence-corrected chi connectivity index (χ4v) is 3.10. The average Bonchev–Trinajstić information content (AvgIpc) is 2.98. The molecule has 2 atom stereocenters. The molecule has 1 aliphatic rings. The van der Waals surface area contributed by atoms with Crippen LogP contribution < -0.4 is 5.32 Å². The molecule has 1 aromatic heterocycles.